The molecule has 4 nitrogen and oxygen atoms in total. The van der Waals surface area contributed by atoms with E-state index in [4.69, 9.17) is 0 Å². The molecule has 1 N–H and O–H groups in total. The smallest absolute Gasteiger partial charge is 0.224 e. The molecule has 0 spiro atoms. The van der Waals surface area contributed by atoms with Gasteiger partial charge in [-0.05, 0) is 37.8 Å². The Morgan fingerprint density at radius 3 is 1.74 bits per heavy atom. The van der Waals surface area contributed by atoms with Crippen LogP contribution >= 0.6 is 0 Å². The van der Waals surface area contributed by atoms with Crippen molar-refractivity contribution in [1.82, 2.24) is 5.32 Å². The topological polar surface area (TPSA) is 69.2 Å². The second-order valence-corrected chi connectivity index (χ2v) is 7.26. The normalized spacial score (nSPS) is 19.8. The van der Waals surface area contributed by atoms with Gasteiger partial charge in [-0.2, -0.15) is 0 Å². The zero-order valence-electron chi connectivity index (χ0n) is 15.6. The second kappa shape index (κ2) is 8.21. The molecule has 0 saturated carbocycles. The van der Waals surface area contributed by atoms with Gasteiger partial charge in [0.15, 0.2) is 0 Å². The third kappa shape index (κ3) is 4.27. The van der Waals surface area contributed by atoms with Crippen LogP contribution in [0.15, 0.2) is 71.8 Å². The summed E-state index contributed by atoms with van der Waals surface area (Å²) in [6, 6.07) is 19.1. The molecule has 0 radical (unpaired) electrons. The van der Waals surface area contributed by atoms with Crippen molar-refractivity contribution >= 4 is 11.9 Å². The van der Waals surface area contributed by atoms with E-state index in [9.17, 15) is 14.7 Å². The number of carboxylic acid groups (broad SMARTS) is 1. The molecule has 0 fully saturated rings. The number of carboxylic acids is 1. The van der Waals surface area contributed by atoms with Crippen LogP contribution in [0.4, 0.5) is 0 Å². The Labute approximate surface area is 159 Å². The van der Waals surface area contributed by atoms with Gasteiger partial charge in [-0.3, -0.25) is 4.79 Å². The van der Waals surface area contributed by atoms with Crippen LogP contribution in [0.3, 0.4) is 0 Å². The van der Waals surface area contributed by atoms with Gasteiger partial charge in [0.25, 0.3) is 0 Å². The lowest BCUT2D eigenvalue weighted by molar-refractivity contribution is -0.313. The fraction of sp³-hybridized carbons (Fsp3) is 0.304. The molecule has 2 atom stereocenters. The quantitative estimate of drug-likeness (QED) is 0.832. The molecule has 0 aliphatic heterocycles. The highest BCUT2D eigenvalue weighted by molar-refractivity contribution is 5.85. The van der Waals surface area contributed by atoms with E-state index in [2.05, 4.69) is 5.32 Å². The maximum atomic E-state index is 13.1. The number of hydrogen-bond donors (Lipinski definition) is 1. The van der Waals surface area contributed by atoms with Gasteiger partial charge in [-0.1, -0.05) is 71.8 Å². The number of aliphatic carboxylic acids is 1. The van der Waals surface area contributed by atoms with Crippen LogP contribution in [-0.2, 0) is 9.59 Å². The predicted octanol–water partition coefficient (Wildman–Crippen LogP) is 3.00. The van der Waals surface area contributed by atoms with E-state index >= 15 is 0 Å². The van der Waals surface area contributed by atoms with Gasteiger partial charge in [0.05, 0.1) is 6.04 Å². The monoisotopic (exact) mass is 362 g/mol. The summed E-state index contributed by atoms with van der Waals surface area (Å²) < 4.78 is 0. The number of hydrogen-bond acceptors (Lipinski definition) is 3. The number of allylic oxidation sites excluding steroid dienone is 2. The summed E-state index contributed by atoms with van der Waals surface area (Å²) in [6.45, 7) is 3.89. The van der Waals surface area contributed by atoms with E-state index < -0.39 is 17.8 Å². The maximum Gasteiger partial charge on any atom is 0.224 e. The van der Waals surface area contributed by atoms with Crippen molar-refractivity contribution in [3.05, 3.63) is 82.9 Å². The number of amides is 1. The fourth-order valence-corrected chi connectivity index (χ4v) is 3.72. The van der Waals surface area contributed by atoms with Gasteiger partial charge < -0.3 is 15.2 Å². The highest BCUT2D eigenvalue weighted by Gasteiger charge is 2.34. The summed E-state index contributed by atoms with van der Waals surface area (Å²) in [4.78, 5) is 24.7. The molecule has 2 aromatic rings. The molecular weight excluding hydrogens is 338 g/mol. The standard InChI is InChI=1S/C23H25NO3/c1-15-13-19(20(23(26)27)14-16(15)2)22(25)24-21(17-9-5-3-6-10-17)18-11-7-4-8-12-18/h3-12,19-21H,13-14H2,1-2H3,(H,24,25)(H,26,27)/p-1/t19-,20-/m1/s1. The first-order valence-electron chi connectivity index (χ1n) is 9.23. The highest BCUT2D eigenvalue weighted by atomic mass is 16.4. The lowest BCUT2D eigenvalue weighted by Gasteiger charge is -2.34. The Morgan fingerprint density at radius 2 is 1.30 bits per heavy atom. The summed E-state index contributed by atoms with van der Waals surface area (Å²) in [5, 5.41) is 14.7. The molecule has 1 aliphatic rings. The molecule has 2 aromatic carbocycles. The fourth-order valence-electron chi connectivity index (χ4n) is 3.72. The number of nitrogens with one attached hydrogen (secondary N) is 1. The zero-order valence-corrected chi connectivity index (χ0v) is 15.6. The van der Waals surface area contributed by atoms with Gasteiger partial charge in [0, 0.05) is 17.8 Å². The first-order valence-corrected chi connectivity index (χ1v) is 9.23. The van der Waals surface area contributed by atoms with Crippen LogP contribution < -0.4 is 10.4 Å². The van der Waals surface area contributed by atoms with Crippen LogP contribution in [0.25, 0.3) is 0 Å². The first kappa shape index (κ1) is 18.9. The molecule has 1 aliphatic carbocycles. The Balaban J connectivity index is 1.89. The van der Waals surface area contributed by atoms with Crippen LogP contribution in [0.5, 0.6) is 0 Å². The van der Waals surface area contributed by atoms with Gasteiger partial charge in [0.1, 0.15) is 0 Å². The minimum Gasteiger partial charge on any atom is -0.550 e. The number of carbonyl (C=O) groups is 2. The van der Waals surface area contributed by atoms with E-state index in [0.717, 1.165) is 22.3 Å². The Morgan fingerprint density at radius 1 is 0.852 bits per heavy atom. The maximum absolute atomic E-state index is 13.1. The molecule has 0 aromatic heterocycles. The SMILES string of the molecule is CC1=C(C)C[C@@H](C(=O)NC(c2ccccc2)c2ccccc2)[C@H](C(=O)[O-])C1. The van der Waals surface area contributed by atoms with Gasteiger partial charge >= 0.3 is 0 Å². The Kier molecular flexibility index (Phi) is 5.75. The van der Waals surface area contributed by atoms with E-state index in [1.54, 1.807) is 0 Å². The second-order valence-electron chi connectivity index (χ2n) is 7.26. The van der Waals surface area contributed by atoms with E-state index in [0.29, 0.717) is 12.8 Å². The number of rotatable bonds is 5. The molecule has 0 unspecified atom stereocenters. The minimum atomic E-state index is -1.15. The largest absolute Gasteiger partial charge is 0.550 e. The Hall–Kier alpha value is -2.88. The molecule has 27 heavy (non-hydrogen) atoms. The number of benzene rings is 2. The van der Waals surface area contributed by atoms with Crippen molar-refractivity contribution < 1.29 is 14.7 Å². The molecular formula is C23H24NO3-. The van der Waals surface area contributed by atoms with Gasteiger partial charge in [-0.15, -0.1) is 0 Å². The van der Waals surface area contributed by atoms with Crippen LogP contribution in [-0.4, -0.2) is 11.9 Å². The molecule has 1 amide bonds. The molecule has 140 valence electrons. The summed E-state index contributed by atoms with van der Waals surface area (Å²) in [7, 11) is 0. The van der Waals surface area contributed by atoms with Crippen molar-refractivity contribution in [1.29, 1.82) is 0 Å². The third-order valence-electron chi connectivity index (χ3n) is 5.46. The minimum absolute atomic E-state index is 0.242. The first-order chi connectivity index (χ1) is 13.0. The number of carbonyl (C=O) groups excluding carboxylic acids is 2. The highest BCUT2D eigenvalue weighted by Crippen LogP contribution is 2.35. The van der Waals surface area contributed by atoms with Crippen LogP contribution in [0.2, 0.25) is 0 Å². The zero-order chi connectivity index (χ0) is 19.4. The molecule has 0 heterocycles. The van der Waals surface area contributed by atoms with Crippen molar-refractivity contribution in [2.45, 2.75) is 32.7 Å². The lowest BCUT2D eigenvalue weighted by Crippen LogP contribution is -2.45. The van der Waals surface area contributed by atoms with Crippen molar-refractivity contribution in [2.75, 3.05) is 0 Å². The van der Waals surface area contributed by atoms with Crippen LogP contribution in [0.1, 0.15) is 43.9 Å². The van der Waals surface area contributed by atoms with E-state index in [-0.39, 0.29) is 11.9 Å². The van der Waals surface area contributed by atoms with Gasteiger partial charge in [-0.25, -0.2) is 0 Å². The van der Waals surface area contributed by atoms with Crippen molar-refractivity contribution in [3.63, 3.8) is 0 Å². The van der Waals surface area contributed by atoms with Crippen LogP contribution in [0, 0.1) is 11.8 Å². The van der Waals surface area contributed by atoms with E-state index in [1.807, 2.05) is 74.5 Å². The summed E-state index contributed by atoms with van der Waals surface area (Å²) >= 11 is 0. The average molecular weight is 362 g/mol. The molecule has 0 bridgehead atoms. The van der Waals surface area contributed by atoms with E-state index in [1.165, 1.54) is 0 Å². The molecule has 3 rings (SSSR count). The third-order valence-corrected chi connectivity index (χ3v) is 5.46. The molecule has 4 heteroatoms. The van der Waals surface area contributed by atoms with Gasteiger partial charge in [0.2, 0.25) is 5.91 Å². The van der Waals surface area contributed by atoms with Crippen molar-refractivity contribution in [3.8, 4) is 0 Å². The van der Waals surface area contributed by atoms with Crippen molar-refractivity contribution in [2.24, 2.45) is 11.8 Å². The summed E-state index contributed by atoms with van der Waals surface area (Å²) in [5.74, 6) is -2.80. The summed E-state index contributed by atoms with van der Waals surface area (Å²) in [6.07, 6.45) is 0.820. The average Bonchev–Trinajstić information content (AvgIpc) is 2.68. The molecule has 0 saturated heterocycles. The predicted molar refractivity (Wildman–Crippen MR) is 102 cm³/mol. The lowest BCUT2D eigenvalue weighted by atomic mass is 9.76. The summed E-state index contributed by atoms with van der Waals surface area (Å²) in [5.41, 5.74) is 4.04. The Bertz CT molecular complexity index is 803.